The molecule has 0 radical (unpaired) electrons. The Kier molecular flexibility index (Phi) is 14.6. The van der Waals surface area contributed by atoms with Crippen molar-refractivity contribution >= 4 is 29.2 Å². The SMILES string of the molecule is Cc1cc(OC2C(C)(C)C(CC(=O)c3ccc(N4CCC(CN5CCOCCCCCOc6ccc(C(=O)NC7CCC(=O)NC7=O)cc6OC6CC5C6)CC4)cc3)C2(C)C)cc(C)c1C#N. The second-order valence-corrected chi connectivity index (χ2v) is 20.9. The number of imide groups is 1. The van der Waals surface area contributed by atoms with Gasteiger partial charge in [0, 0.05) is 92.2 Å². The average Bonchev–Trinajstić information content (AvgIpc) is 3.28. The lowest BCUT2D eigenvalue weighted by Crippen LogP contribution is -2.66. The van der Waals surface area contributed by atoms with Crippen molar-refractivity contribution in [3.05, 3.63) is 82.4 Å². The summed E-state index contributed by atoms with van der Waals surface area (Å²) in [6.07, 6.45) is 7.50. The number of rotatable bonds is 10. The molecule has 4 fully saturated rings. The van der Waals surface area contributed by atoms with E-state index in [1.165, 1.54) is 0 Å². The predicted octanol–water partition coefficient (Wildman–Crippen LogP) is 8.12. The van der Waals surface area contributed by atoms with Gasteiger partial charge in [-0.2, -0.15) is 5.26 Å². The molecule has 2 aliphatic carbocycles. The first-order valence-corrected chi connectivity index (χ1v) is 24.6. The molecule has 358 valence electrons. The summed E-state index contributed by atoms with van der Waals surface area (Å²) in [7, 11) is 0. The van der Waals surface area contributed by atoms with Crippen LogP contribution in [0.1, 0.15) is 129 Å². The Bertz CT molecular complexity index is 2300. The number of nitriles is 1. The average molecular weight is 916 g/mol. The molecule has 1 atom stereocenters. The van der Waals surface area contributed by atoms with Crippen LogP contribution in [0.15, 0.2) is 54.6 Å². The quantitative estimate of drug-likeness (QED) is 0.149. The van der Waals surface area contributed by atoms with E-state index in [4.69, 9.17) is 18.9 Å². The summed E-state index contributed by atoms with van der Waals surface area (Å²) < 4.78 is 25.5. The van der Waals surface area contributed by atoms with E-state index in [0.717, 1.165) is 106 Å². The minimum atomic E-state index is -0.764. The van der Waals surface area contributed by atoms with Gasteiger partial charge in [-0.3, -0.25) is 29.4 Å². The van der Waals surface area contributed by atoms with E-state index < -0.39 is 17.9 Å². The minimum Gasteiger partial charge on any atom is -0.490 e. The molecule has 3 amide bonds. The highest BCUT2D eigenvalue weighted by atomic mass is 16.5. The third-order valence-corrected chi connectivity index (χ3v) is 15.4. The Morgan fingerprint density at radius 2 is 1.54 bits per heavy atom. The number of fused-ring (bicyclic) bond motifs is 9. The van der Waals surface area contributed by atoms with Gasteiger partial charge in [-0.25, -0.2) is 0 Å². The molecule has 1 unspecified atom stereocenters. The first kappa shape index (κ1) is 48.0. The van der Waals surface area contributed by atoms with Crippen LogP contribution in [-0.4, -0.2) is 98.7 Å². The highest BCUT2D eigenvalue weighted by Gasteiger charge is 2.63. The molecule has 13 heteroatoms. The van der Waals surface area contributed by atoms with Gasteiger partial charge in [-0.05, 0) is 130 Å². The molecule has 4 aliphatic heterocycles. The Morgan fingerprint density at radius 1 is 0.851 bits per heavy atom. The van der Waals surface area contributed by atoms with Gasteiger partial charge < -0.3 is 29.2 Å². The molecule has 4 heterocycles. The number of amides is 3. The van der Waals surface area contributed by atoms with Crippen molar-refractivity contribution in [3.8, 4) is 23.3 Å². The van der Waals surface area contributed by atoms with Crippen molar-refractivity contribution in [1.82, 2.24) is 15.5 Å². The number of carbonyl (C=O) groups is 4. The van der Waals surface area contributed by atoms with Crippen LogP contribution in [0.2, 0.25) is 0 Å². The molecule has 0 spiro atoms. The summed E-state index contributed by atoms with van der Waals surface area (Å²) in [6, 6.07) is 19.2. The number of ketones is 1. The molecule has 2 saturated carbocycles. The standard InChI is InChI=1S/C54H69N5O8/c1-34-26-41(27-35(2)43(34)32-55)67-52-53(3,4)48(54(52,5)6)31-45(60)37-10-13-39(14-11-37)58-20-18-36(19-21-58)33-59-22-25-64-23-8-7-9-24-65-46-16-12-38(28-47(46)66-42-29-40(59)30-42)50(62)56-44-15-17-49(61)57-51(44)63/h10-14,16,26-28,36,40,42,44,48,52H,7-9,15,17-25,29-31,33H2,1-6H3,(H,56,62)(H,57,61,63). The van der Waals surface area contributed by atoms with Crippen molar-refractivity contribution in [2.24, 2.45) is 22.7 Å². The van der Waals surface area contributed by atoms with Gasteiger partial charge in [0.25, 0.3) is 5.91 Å². The van der Waals surface area contributed by atoms with Crippen LogP contribution in [0.5, 0.6) is 17.2 Å². The summed E-state index contributed by atoms with van der Waals surface area (Å²) in [5, 5.41) is 14.6. The topological polar surface area (TPSA) is 160 Å². The maximum absolute atomic E-state index is 13.8. The van der Waals surface area contributed by atoms with E-state index in [1.807, 2.05) is 38.1 Å². The fourth-order valence-electron chi connectivity index (χ4n) is 11.6. The number of carbonyl (C=O) groups excluding carboxylic acids is 4. The first-order chi connectivity index (χ1) is 32.1. The molecule has 67 heavy (non-hydrogen) atoms. The van der Waals surface area contributed by atoms with Crippen LogP contribution in [0.4, 0.5) is 5.69 Å². The van der Waals surface area contributed by atoms with Crippen LogP contribution in [0, 0.1) is 47.8 Å². The Labute approximate surface area is 396 Å². The number of nitrogens with one attached hydrogen (secondary N) is 2. The lowest BCUT2D eigenvalue weighted by Gasteiger charge is -2.63. The number of hydrogen-bond acceptors (Lipinski definition) is 11. The highest BCUT2D eigenvalue weighted by molar-refractivity contribution is 6.04. The van der Waals surface area contributed by atoms with Crippen LogP contribution < -0.4 is 29.7 Å². The zero-order chi connectivity index (χ0) is 47.5. The first-order valence-electron chi connectivity index (χ1n) is 24.6. The van der Waals surface area contributed by atoms with Gasteiger partial charge in [-0.15, -0.1) is 0 Å². The lowest BCUT2D eigenvalue weighted by molar-refractivity contribution is -0.196. The van der Waals surface area contributed by atoms with Gasteiger partial charge in [0.15, 0.2) is 17.3 Å². The minimum absolute atomic E-state index is 0.0275. The number of nitrogens with zero attached hydrogens (tertiary/aromatic N) is 3. The van der Waals surface area contributed by atoms with Crippen molar-refractivity contribution in [2.45, 2.75) is 130 Å². The predicted molar refractivity (Wildman–Crippen MR) is 256 cm³/mol. The number of anilines is 1. The zero-order valence-corrected chi connectivity index (χ0v) is 40.3. The molecular formula is C54H69N5O8. The van der Waals surface area contributed by atoms with Crippen molar-refractivity contribution in [1.29, 1.82) is 5.26 Å². The summed E-state index contributed by atoms with van der Waals surface area (Å²) in [5.41, 5.74) is 4.37. The number of hydrogen-bond donors (Lipinski definition) is 2. The zero-order valence-electron chi connectivity index (χ0n) is 40.3. The molecule has 2 bridgehead atoms. The van der Waals surface area contributed by atoms with Crippen LogP contribution >= 0.6 is 0 Å². The number of ether oxygens (including phenoxy) is 4. The fraction of sp³-hybridized carbons (Fsp3) is 0.574. The summed E-state index contributed by atoms with van der Waals surface area (Å²) in [4.78, 5) is 56.0. The van der Waals surface area contributed by atoms with E-state index in [1.54, 1.807) is 18.2 Å². The number of piperidine rings is 2. The second kappa shape index (κ2) is 20.4. The number of benzene rings is 3. The van der Waals surface area contributed by atoms with E-state index in [-0.39, 0.29) is 53.5 Å². The molecule has 13 nitrogen and oxygen atoms in total. The van der Waals surface area contributed by atoms with Crippen LogP contribution in [-0.2, 0) is 14.3 Å². The van der Waals surface area contributed by atoms with Gasteiger partial charge >= 0.3 is 0 Å². The molecule has 2 saturated heterocycles. The molecule has 0 aromatic heterocycles. The Balaban J connectivity index is 0.833. The molecule has 2 N–H and O–H groups in total. The maximum atomic E-state index is 13.8. The van der Waals surface area contributed by atoms with Gasteiger partial charge in [-0.1, -0.05) is 27.7 Å². The third kappa shape index (κ3) is 10.8. The fourth-order valence-corrected chi connectivity index (χ4v) is 11.6. The molecular weight excluding hydrogens is 847 g/mol. The summed E-state index contributed by atoms with van der Waals surface area (Å²) >= 11 is 0. The van der Waals surface area contributed by atoms with Gasteiger partial charge in [0.05, 0.1) is 24.8 Å². The molecule has 9 rings (SSSR count). The molecule has 3 aromatic carbocycles. The Hall–Kier alpha value is -5.45. The van der Waals surface area contributed by atoms with E-state index in [9.17, 15) is 24.4 Å². The van der Waals surface area contributed by atoms with Gasteiger partial charge in [0.2, 0.25) is 11.8 Å². The monoisotopic (exact) mass is 916 g/mol. The maximum Gasteiger partial charge on any atom is 0.252 e. The summed E-state index contributed by atoms with van der Waals surface area (Å²) in [6.45, 7) is 18.4. The smallest absolute Gasteiger partial charge is 0.252 e. The second-order valence-electron chi connectivity index (χ2n) is 20.9. The molecule has 6 aliphatic rings. The number of aryl methyl sites for hydroxylation is 2. The largest absolute Gasteiger partial charge is 0.490 e. The number of Topliss-reactive ketones (excluding diaryl/α,β-unsaturated/α-hetero) is 1. The van der Waals surface area contributed by atoms with Gasteiger partial charge in [0.1, 0.15) is 24.0 Å². The molecule has 3 aromatic rings. The van der Waals surface area contributed by atoms with Crippen LogP contribution in [0.25, 0.3) is 0 Å². The summed E-state index contributed by atoms with van der Waals surface area (Å²) in [5.74, 6) is 1.55. The van der Waals surface area contributed by atoms with Crippen molar-refractivity contribution < 1.29 is 38.1 Å². The van der Waals surface area contributed by atoms with E-state index in [0.29, 0.717) is 54.2 Å². The highest BCUT2D eigenvalue weighted by Crippen LogP contribution is 2.62. The van der Waals surface area contributed by atoms with Crippen molar-refractivity contribution in [2.75, 3.05) is 50.9 Å². The van der Waals surface area contributed by atoms with E-state index >= 15 is 0 Å². The van der Waals surface area contributed by atoms with Crippen molar-refractivity contribution in [3.63, 3.8) is 0 Å². The lowest BCUT2D eigenvalue weighted by atomic mass is 9.44. The Morgan fingerprint density at radius 3 is 2.22 bits per heavy atom. The third-order valence-electron chi connectivity index (χ3n) is 15.4. The van der Waals surface area contributed by atoms with Crippen LogP contribution in [0.3, 0.4) is 0 Å². The van der Waals surface area contributed by atoms with E-state index in [2.05, 4.69) is 66.3 Å². The normalized spacial score (nSPS) is 25.7.